The quantitative estimate of drug-likeness (QED) is 0.598. The molecule has 1 aromatic heterocycles. The van der Waals surface area contributed by atoms with Crippen molar-refractivity contribution >= 4 is 35.1 Å². The second-order valence-corrected chi connectivity index (χ2v) is 11.0. The molecule has 1 aromatic carbocycles. The van der Waals surface area contributed by atoms with Crippen LogP contribution in [0.3, 0.4) is 0 Å². The van der Waals surface area contributed by atoms with Gasteiger partial charge in [0.1, 0.15) is 11.6 Å². The van der Waals surface area contributed by atoms with Crippen molar-refractivity contribution in [2.45, 2.75) is 56.1 Å². The fraction of sp³-hybridized carbons (Fsp3) is 0.500. The Kier molecular flexibility index (Phi) is 4.55. The number of rotatable bonds is 1. The van der Waals surface area contributed by atoms with Gasteiger partial charge in [-0.3, -0.25) is 4.79 Å². The summed E-state index contributed by atoms with van der Waals surface area (Å²) in [6, 6.07) is 4.80. The topological polar surface area (TPSA) is 33.5 Å². The Labute approximate surface area is 173 Å². The molecule has 0 radical (unpaired) electrons. The van der Waals surface area contributed by atoms with Crippen molar-refractivity contribution < 1.29 is 13.6 Å². The molecule has 6 heteroatoms. The number of anilines is 1. The summed E-state index contributed by atoms with van der Waals surface area (Å²) in [6.07, 6.45) is 4.78. The van der Waals surface area contributed by atoms with Crippen LogP contribution in [0.25, 0.3) is 0 Å². The third kappa shape index (κ3) is 2.75. The van der Waals surface area contributed by atoms with Gasteiger partial charge in [-0.1, -0.05) is 0 Å². The van der Waals surface area contributed by atoms with E-state index < -0.39 is 0 Å². The molecule has 148 valence electrons. The summed E-state index contributed by atoms with van der Waals surface area (Å²) in [4.78, 5) is 15.4. The zero-order valence-electron chi connectivity index (χ0n) is 16.2. The first-order valence-electron chi connectivity index (χ1n) is 10.0. The van der Waals surface area contributed by atoms with Gasteiger partial charge in [-0.2, -0.15) is 0 Å². The summed E-state index contributed by atoms with van der Waals surface area (Å²) in [7, 11) is 0. The molecule has 0 bridgehead atoms. The van der Waals surface area contributed by atoms with E-state index in [0.717, 1.165) is 66.2 Å². The number of amides is 1. The SMILES string of the molecule is Cc1c(C(=O)N2c3ccc(F)cc3CC[C@@H]2C)oc2c1C1(CCC2)SCCS1. The second-order valence-electron chi connectivity index (χ2n) is 7.99. The number of fused-ring (bicyclic) bond motifs is 3. The van der Waals surface area contributed by atoms with Gasteiger partial charge in [-0.15, -0.1) is 23.5 Å². The van der Waals surface area contributed by atoms with Gasteiger partial charge in [0.25, 0.3) is 5.91 Å². The van der Waals surface area contributed by atoms with E-state index >= 15 is 0 Å². The van der Waals surface area contributed by atoms with E-state index in [-0.39, 0.29) is 21.8 Å². The largest absolute Gasteiger partial charge is 0.455 e. The molecule has 3 aliphatic rings. The standard InChI is InChI=1S/C22H24FNO2S2/c1-13-5-6-15-12-16(23)7-8-17(15)24(13)21(25)20-14(2)19-18(26-20)4-3-9-22(19)27-10-11-28-22/h7-8,12-13H,3-6,9-11H2,1-2H3/t13-/m0/s1. The number of hydrogen-bond donors (Lipinski definition) is 0. The van der Waals surface area contributed by atoms with Crippen LogP contribution in [0.2, 0.25) is 0 Å². The summed E-state index contributed by atoms with van der Waals surface area (Å²) in [5.41, 5.74) is 3.98. The number of carbonyl (C=O) groups excluding carboxylic acids is 1. The number of hydrogen-bond acceptors (Lipinski definition) is 4. The normalized spacial score (nSPS) is 23.0. The van der Waals surface area contributed by atoms with Gasteiger partial charge >= 0.3 is 0 Å². The molecule has 0 unspecified atom stereocenters. The zero-order chi connectivity index (χ0) is 19.5. The molecule has 1 aliphatic carbocycles. The van der Waals surface area contributed by atoms with E-state index in [0.29, 0.717) is 5.76 Å². The van der Waals surface area contributed by atoms with Crippen molar-refractivity contribution in [3.8, 4) is 0 Å². The third-order valence-electron chi connectivity index (χ3n) is 6.25. The van der Waals surface area contributed by atoms with Gasteiger partial charge < -0.3 is 9.32 Å². The van der Waals surface area contributed by atoms with Crippen molar-refractivity contribution in [1.29, 1.82) is 0 Å². The highest BCUT2D eigenvalue weighted by Gasteiger charge is 2.46. The highest BCUT2D eigenvalue weighted by atomic mass is 32.2. The first-order chi connectivity index (χ1) is 13.5. The van der Waals surface area contributed by atoms with Crippen LogP contribution in [0.15, 0.2) is 22.6 Å². The Morgan fingerprint density at radius 3 is 2.86 bits per heavy atom. The maximum atomic E-state index is 13.7. The second kappa shape index (κ2) is 6.84. The summed E-state index contributed by atoms with van der Waals surface area (Å²) in [5, 5.41) is 0. The average molecular weight is 418 g/mol. The first kappa shape index (κ1) is 18.6. The monoisotopic (exact) mass is 417 g/mol. The van der Waals surface area contributed by atoms with Crippen LogP contribution in [-0.2, 0) is 16.9 Å². The van der Waals surface area contributed by atoms with Crippen LogP contribution in [0.5, 0.6) is 0 Å². The van der Waals surface area contributed by atoms with Crippen molar-refractivity contribution in [2.24, 2.45) is 0 Å². The maximum absolute atomic E-state index is 13.7. The van der Waals surface area contributed by atoms with Gasteiger partial charge in [-0.05, 0) is 63.3 Å². The molecule has 0 saturated carbocycles. The minimum atomic E-state index is -0.248. The van der Waals surface area contributed by atoms with E-state index in [9.17, 15) is 9.18 Å². The lowest BCUT2D eigenvalue weighted by Gasteiger charge is -2.35. The van der Waals surface area contributed by atoms with Crippen LogP contribution >= 0.6 is 23.5 Å². The van der Waals surface area contributed by atoms with Crippen molar-refractivity contribution in [3.05, 3.63) is 52.2 Å². The summed E-state index contributed by atoms with van der Waals surface area (Å²) in [5.74, 6) is 3.44. The van der Waals surface area contributed by atoms with Crippen LogP contribution in [0.1, 0.15) is 59.2 Å². The highest BCUT2D eigenvalue weighted by Crippen LogP contribution is 2.59. The lowest BCUT2D eigenvalue weighted by atomic mass is 9.93. The van der Waals surface area contributed by atoms with Gasteiger partial charge in [0.05, 0.1) is 4.08 Å². The average Bonchev–Trinajstić information content (AvgIpc) is 3.27. The summed E-state index contributed by atoms with van der Waals surface area (Å²) < 4.78 is 20.0. The number of nitrogens with zero attached hydrogens (tertiary/aromatic N) is 1. The molecular weight excluding hydrogens is 393 g/mol. The molecule has 28 heavy (non-hydrogen) atoms. The fourth-order valence-corrected chi connectivity index (χ4v) is 8.50. The minimum absolute atomic E-state index is 0.0637. The van der Waals surface area contributed by atoms with Gasteiger partial charge in [0.2, 0.25) is 0 Å². The fourth-order valence-electron chi connectivity index (χ4n) is 4.94. The molecule has 5 rings (SSSR count). The molecular formula is C22H24FNO2S2. The van der Waals surface area contributed by atoms with Gasteiger partial charge in [0, 0.05) is 40.8 Å². The molecule has 1 spiro atoms. The van der Waals surface area contributed by atoms with E-state index in [4.69, 9.17) is 4.42 Å². The molecule has 1 amide bonds. The Bertz CT molecular complexity index is 948. The van der Waals surface area contributed by atoms with E-state index in [1.165, 1.54) is 11.6 Å². The summed E-state index contributed by atoms with van der Waals surface area (Å²) >= 11 is 4.02. The molecule has 1 fully saturated rings. The Balaban J connectivity index is 1.58. The highest BCUT2D eigenvalue weighted by molar-refractivity contribution is 8.20. The number of thioether (sulfide) groups is 2. The smallest absolute Gasteiger partial charge is 0.294 e. The lowest BCUT2D eigenvalue weighted by molar-refractivity contribution is 0.0945. The molecule has 2 aromatic rings. The lowest BCUT2D eigenvalue weighted by Crippen LogP contribution is -2.42. The zero-order valence-corrected chi connectivity index (χ0v) is 17.9. The molecule has 3 heterocycles. The van der Waals surface area contributed by atoms with Gasteiger partial charge in [0.15, 0.2) is 5.76 Å². The predicted octanol–water partition coefficient (Wildman–Crippen LogP) is 5.68. The van der Waals surface area contributed by atoms with E-state index in [1.807, 2.05) is 35.3 Å². The maximum Gasteiger partial charge on any atom is 0.294 e. The third-order valence-corrected chi connectivity index (χ3v) is 9.78. The predicted molar refractivity (Wildman–Crippen MR) is 114 cm³/mol. The van der Waals surface area contributed by atoms with Crippen molar-refractivity contribution in [1.82, 2.24) is 0 Å². The molecule has 1 atom stereocenters. The summed E-state index contributed by atoms with van der Waals surface area (Å²) in [6.45, 7) is 4.11. The Hall–Kier alpha value is -1.40. The Morgan fingerprint density at radius 2 is 2.07 bits per heavy atom. The first-order valence-corrected chi connectivity index (χ1v) is 12.0. The number of benzene rings is 1. The van der Waals surface area contributed by atoms with E-state index in [2.05, 4.69) is 6.92 Å². The van der Waals surface area contributed by atoms with Gasteiger partial charge in [-0.25, -0.2) is 4.39 Å². The molecule has 1 saturated heterocycles. The molecule has 2 aliphatic heterocycles. The van der Waals surface area contributed by atoms with Crippen LogP contribution in [0.4, 0.5) is 10.1 Å². The van der Waals surface area contributed by atoms with E-state index in [1.54, 1.807) is 12.1 Å². The Morgan fingerprint density at radius 1 is 1.29 bits per heavy atom. The number of halogens is 1. The minimum Gasteiger partial charge on any atom is -0.455 e. The molecule has 3 nitrogen and oxygen atoms in total. The number of furan rings is 1. The van der Waals surface area contributed by atoms with Crippen LogP contribution in [0, 0.1) is 12.7 Å². The van der Waals surface area contributed by atoms with Crippen LogP contribution < -0.4 is 4.90 Å². The van der Waals surface area contributed by atoms with Crippen molar-refractivity contribution in [3.63, 3.8) is 0 Å². The van der Waals surface area contributed by atoms with Crippen LogP contribution in [-0.4, -0.2) is 23.5 Å². The number of carbonyl (C=O) groups is 1. The number of aryl methyl sites for hydroxylation is 2. The molecule has 0 N–H and O–H groups in total. The van der Waals surface area contributed by atoms with Crippen molar-refractivity contribution in [2.75, 3.05) is 16.4 Å².